The second-order valence-corrected chi connectivity index (χ2v) is 8.21. The summed E-state index contributed by atoms with van der Waals surface area (Å²) in [6.07, 6.45) is 3.54. The fourth-order valence-electron chi connectivity index (χ4n) is 2.85. The van der Waals surface area contributed by atoms with Gasteiger partial charge in [-0.25, -0.2) is 0 Å². The molecule has 0 saturated carbocycles. The molecule has 0 aromatic heterocycles. The molecular formula is C32H48O3. The highest BCUT2D eigenvalue weighted by molar-refractivity contribution is 5.29. The molecule has 0 heterocycles. The fourth-order valence-corrected chi connectivity index (χ4v) is 2.85. The van der Waals surface area contributed by atoms with Gasteiger partial charge in [-0.3, -0.25) is 0 Å². The van der Waals surface area contributed by atoms with Crippen molar-refractivity contribution in [1.29, 1.82) is 0 Å². The number of hydrogen-bond acceptors (Lipinski definition) is 3. The van der Waals surface area contributed by atoms with E-state index in [1.807, 2.05) is 68.4 Å². The zero-order valence-electron chi connectivity index (χ0n) is 23.3. The molecule has 3 rings (SSSR count). The fraction of sp³-hybridized carbons (Fsp3) is 0.438. The molecule has 3 heteroatoms. The first-order valence-electron chi connectivity index (χ1n) is 13.1. The molecule has 0 aliphatic heterocycles. The molecule has 0 amide bonds. The van der Waals surface area contributed by atoms with E-state index in [-0.39, 0.29) is 6.79 Å². The number of phenols is 1. The molecule has 2 unspecified atom stereocenters. The minimum atomic E-state index is 0.229. The Kier molecular flexibility index (Phi) is 18.7. The molecule has 0 spiro atoms. The number of ether oxygens (including phenoxy) is 2. The van der Waals surface area contributed by atoms with Gasteiger partial charge in [0.05, 0.1) is 0 Å². The Bertz CT molecular complexity index is 842. The van der Waals surface area contributed by atoms with Gasteiger partial charge in [-0.05, 0) is 72.2 Å². The Balaban J connectivity index is 0.000000612. The van der Waals surface area contributed by atoms with Gasteiger partial charge in [-0.2, -0.15) is 0 Å². The lowest BCUT2D eigenvalue weighted by molar-refractivity contribution is 0.120. The van der Waals surface area contributed by atoms with Crippen molar-refractivity contribution in [3.63, 3.8) is 0 Å². The number of hydrogen-bond donors (Lipinski definition) is 1. The van der Waals surface area contributed by atoms with Crippen molar-refractivity contribution in [1.82, 2.24) is 0 Å². The summed E-state index contributed by atoms with van der Waals surface area (Å²) in [5.41, 5.74) is 2.64. The summed E-state index contributed by atoms with van der Waals surface area (Å²) in [4.78, 5) is 0. The van der Waals surface area contributed by atoms with Crippen molar-refractivity contribution in [2.24, 2.45) is 0 Å². The molecule has 3 nitrogen and oxygen atoms in total. The van der Waals surface area contributed by atoms with E-state index in [1.165, 1.54) is 17.5 Å². The van der Waals surface area contributed by atoms with Gasteiger partial charge in [0.1, 0.15) is 17.2 Å². The Morgan fingerprint density at radius 3 is 1.37 bits per heavy atom. The maximum Gasteiger partial charge on any atom is 0.230 e. The van der Waals surface area contributed by atoms with Crippen LogP contribution >= 0.6 is 0 Å². The summed E-state index contributed by atoms with van der Waals surface area (Å²) in [6, 6.07) is 25.3. The van der Waals surface area contributed by atoms with E-state index in [0.29, 0.717) is 17.6 Å². The maximum absolute atomic E-state index is 9.01. The molecule has 0 radical (unpaired) electrons. The summed E-state index contributed by atoms with van der Waals surface area (Å²) in [5.74, 6) is 3.18. The van der Waals surface area contributed by atoms with E-state index in [1.54, 1.807) is 12.1 Å². The third kappa shape index (κ3) is 14.1. The van der Waals surface area contributed by atoms with E-state index in [0.717, 1.165) is 24.3 Å². The standard InChI is InChI=1S/C17H20O2.C10H14O.C3H8.C2H6/c1-3-14(2)15-9-11-17(12-10-15)19-13-18-16-7-5-4-6-8-16;1-3-8(2)9-4-6-10(11)7-5-9;1-3-2;1-2/h4-12,14H,3,13H2,1-2H3;4-8,11H,3H2,1-2H3;3H2,1-2H3;1-2H3. The van der Waals surface area contributed by atoms with Crippen molar-refractivity contribution in [2.75, 3.05) is 6.79 Å². The van der Waals surface area contributed by atoms with Crippen molar-refractivity contribution in [3.05, 3.63) is 90.0 Å². The SMILES string of the molecule is CC.CCC.CCC(C)c1ccc(O)cc1.CCC(C)c1ccc(OCOc2ccccc2)cc1. The Labute approximate surface area is 215 Å². The van der Waals surface area contributed by atoms with Crippen LogP contribution in [0.2, 0.25) is 0 Å². The summed E-state index contributed by atoms with van der Waals surface area (Å²) in [6.45, 7) is 17.3. The molecule has 35 heavy (non-hydrogen) atoms. The van der Waals surface area contributed by atoms with Gasteiger partial charge in [-0.1, -0.05) is 104 Å². The van der Waals surface area contributed by atoms with E-state index >= 15 is 0 Å². The van der Waals surface area contributed by atoms with Crippen LogP contribution in [0.25, 0.3) is 0 Å². The van der Waals surface area contributed by atoms with Crippen molar-refractivity contribution in [3.8, 4) is 17.2 Å². The number of rotatable bonds is 8. The molecule has 3 aromatic carbocycles. The van der Waals surface area contributed by atoms with Gasteiger partial charge in [-0.15, -0.1) is 0 Å². The van der Waals surface area contributed by atoms with Crippen LogP contribution in [0.3, 0.4) is 0 Å². The average Bonchev–Trinajstić information content (AvgIpc) is 2.91. The van der Waals surface area contributed by atoms with Crippen LogP contribution in [0.4, 0.5) is 0 Å². The lowest BCUT2D eigenvalue weighted by Crippen LogP contribution is -2.05. The Hall–Kier alpha value is -2.94. The first kappa shape index (κ1) is 32.1. The van der Waals surface area contributed by atoms with Crippen molar-refractivity contribution >= 4 is 0 Å². The van der Waals surface area contributed by atoms with Crippen LogP contribution in [-0.4, -0.2) is 11.9 Å². The van der Waals surface area contributed by atoms with E-state index in [4.69, 9.17) is 14.6 Å². The van der Waals surface area contributed by atoms with Crippen LogP contribution in [0, 0.1) is 0 Å². The lowest BCUT2D eigenvalue weighted by Gasteiger charge is -2.11. The van der Waals surface area contributed by atoms with Gasteiger partial charge >= 0.3 is 0 Å². The molecule has 0 fully saturated rings. The van der Waals surface area contributed by atoms with Gasteiger partial charge < -0.3 is 14.6 Å². The molecule has 0 aliphatic rings. The normalized spacial score (nSPS) is 11.2. The predicted octanol–water partition coefficient (Wildman–Crippen LogP) is 9.96. The lowest BCUT2D eigenvalue weighted by atomic mass is 9.99. The highest BCUT2D eigenvalue weighted by Gasteiger charge is 2.03. The molecule has 2 atom stereocenters. The van der Waals surface area contributed by atoms with Crippen LogP contribution in [-0.2, 0) is 0 Å². The molecular weight excluding hydrogens is 432 g/mol. The number of benzene rings is 3. The zero-order valence-corrected chi connectivity index (χ0v) is 23.3. The highest BCUT2D eigenvalue weighted by atomic mass is 16.7. The van der Waals surface area contributed by atoms with Crippen LogP contribution in [0.5, 0.6) is 17.2 Å². The predicted molar refractivity (Wildman–Crippen MR) is 152 cm³/mol. The first-order chi connectivity index (χ1) is 16.9. The number of phenolic OH excluding ortho intramolecular Hbond substituents is 1. The molecule has 0 saturated heterocycles. The Morgan fingerprint density at radius 1 is 0.600 bits per heavy atom. The topological polar surface area (TPSA) is 38.7 Å². The minimum absolute atomic E-state index is 0.229. The van der Waals surface area contributed by atoms with Gasteiger partial charge in [0.2, 0.25) is 6.79 Å². The number of aromatic hydroxyl groups is 1. The molecule has 0 bridgehead atoms. The van der Waals surface area contributed by atoms with Crippen LogP contribution < -0.4 is 9.47 Å². The minimum Gasteiger partial charge on any atom is -0.508 e. The molecule has 3 aromatic rings. The number of para-hydroxylation sites is 1. The Morgan fingerprint density at radius 2 is 0.971 bits per heavy atom. The summed E-state index contributed by atoms with van der Waals surface area (Å²) >= 11 is 0. The average molecular weight is 481 g/mol. The quantitative estimate of drug-likeness (QED) is 0.326. The van der Waals surface area contributed by atoms with E-state index in [9.17, 15) is 0 Å². The first-order valence-corrected chi connectivity index (χ1v) is 13.1. The summed E-state index contributed by atoms with van der Waals surface area (Å²) < 4.78 is 11.0. The van der Waals surface area contributed by atoms with Gasteiger partial charge in [0.15, 0.2) is 0 Å². The van der Waals surface area contributed by atoms with Gasteiger partial charge in [0, 0.05) is 0 Å². The second-order valence-electron chi connectivity index (χ2n) is 8.21. The van der Waals surface area contributed by atoms with Crippen LogP contribution in [0.15, 0.2) is 78.9 Å². The van der Waals surface area contributed by atoms with E-state index in [2.05, 4.69) is 53.7 Å². The smallest absolute Gasteiger partial charge is 0.230 e. The molecule has 0 aliphatic carbocycles. The van der Waals surface area contributed by atoms with Crippen molar-refractivity contribution in [2.45, 2.75) is 86.5 Å². The zero-order chi connectivity index (χ0) is 26.5. The highest BCUT2D eigenvalue weighted by Crippen LogP contribution is 2.22. The second kappa shape index (κ2) is 20.4. The van der Waals surface area contributed by atoms with Crippen LogP contribution in [0.1, 0.15) is 97.6 Å². The molecule has 194 valence electrons. The largest absolute Gasteiger partial charge is 0.508 e. The maximum atomic E-state index is 9.01. The third-order valence-electron chi connectivity index (χ3n) is 5.33. The van der Waals surface area contributed by atoms with Gasteiger partial charge in [0.25, 0.3) is 0 Å². The third-order valence-corrected chi connectivity index (χ3v) is 5.33. The molecule has 1 N–H and O–H groups in total. The van der Waals surface area contributed by atoms with E-state index < -0.39 is 0 Å². The summed E-state index contributed by atoms with van der Waals surface area (Å²) in [5, 5.41) is 9.01. The van der Waals surface area contributed by atoms with Crippen molar-refractivity contribution < 1.29 is 14.6 Å². The summed E-state index contributed by atoms with van der Waals surface area (Å²) in [7, 11) is 0. The monoisotopic (exact) mass is 480 g/mol.